The van der Waals surface area contributed by atoms with E-state index >= 15 is 0 Å². The number of anilines is 1. The molecule has 1 amide bonds. The van der Waals surface area contributed by atoms with Crippen molar-refractivity contribution in [3.05, 3.63) is 58.6 Å². The number of nitrogens with one attached hydrogen (secondary N) is 1. The van der Waals surface area contributed by atoms with Crippen LogP contribution in [-0.2, 0) is 11.0 Å². The summed E-state index contributed by atoms with van der Waals surface area (Å²) in [5, 5.41) is 10.1. The Morgan fingerprint density at radius 1 is 1.11 bits per heavy atom. The summed E-state index contributed by atoms with van der Waals surface area (Å²) in [5.74, 6) is -0.498. The first-order chi connectivity index (χ1) is 12.8. The fourth-order valence-electron chi connectivity index (χ4n) is 2.13. The Hall–Kier alpha value is -2.33. The van der Waals surface area contributed by atoms with E-state index in [1.807, 2.05) is 12.1 Å². The van der Waals surface area contributed by atoms with Gasteiger partial charge in [-0.3, -0.25) is 4.79 Å². The molecule has 1 aromatic heterocycles. The highest BCUT2D eigenvalue weighted by Gasteiger charge is 2.33. The third-order valence-corrected chi connectivity index (χ3v) is 4.68. The molecule has 0 saturated carbocycles. The minimum absolute atomic E-state index is 0.146. The first kappa shape index (κ1) is 19.4. The number of halogens is 4. The molecule has 2 aromatic carbocycles. The number of para-hydroxylation sites is 1. The summed E-state index contributed by atoms with van der Waals surface area (Å²) < 4.78 is 45.2. The molecule has 0 aliphatic rings. The van der Waals surface area contributed by atoms with Gasteiger partial charge in [-0.15, -0.1) is 10.2 Å². The van der Waals surface area contributed by atoms with E-state index in [1.54, 1.807) is 12.1 Å². The minimum Gasteiger partial charge on any atom is -0.411 e. The second kappa shape index (κ2) is 8.13. The first-order valence-electron chi connectivity index (χ1n) is 7.51. The Balaban J connectivity index is 1.61. The molecule has 3 rings (SSSR count). The highest BCUT2D eigenvalue weighted by molar-refractivity contribution is 9.10. The van der Waals surface area contributed by atoms with Gasteiger partial charge in [0.15, 0.2) is 0 Å². The number of aromatic nitrogens is 2. The van der Waals surface area contributed by atoms with E-state index < -0.39 is 17.6 Å². The molecule has 0 saturated heterocycles. The molecule has 5 nitrogen and oxygen atoms in total. The molecule has 140 valence electrons. The van der Waals surface area contributed by atoms with Crippen molar-refractivity contribution < 1.29 is 22.4 Å². The van der Waals surface area contributed by atoms with Gasteiger partial charge in [0.2, 0.25) is 11.8 Å². The molecule has 0 fully saturated rings. The molecule has 0 aliphatic carbocycles. The lowest BCUT2D eigenvalue weighted by Crippen LogP contribution is -2.18. The summed E-state index contributed by atoms with van der Waals surface area (Å²) >= 11 is 4.26. The number of nitrogens with zero attached hydrogens (tertiary/aromatic N) is 2. The highest BCUT2D eigenvalue weighted by atomic mass is 79.9. The zero-order chi connectivity index (χ0) is 19.4. The van der Waals surface area contributed by atoms with E-state index in [9.17, 15) is 18.0 Å². The van der Waals surface area contributed by atoms with Crippen molar-refractivity contribution in [1.82, 2.24) is 10.2 Å². The van der Waals surface area contributed by atoms with Crippen molar-refractivity contribution in [3.8, 4) is 11.5 Å². The summed E-state index contributed by atoms with van der Waals surface area (Å²) in [7, 11) is 0. The second-order valence-electron chi connectivity index (χ2n) is 5.26. The number of alkyl halides is 3. The fourth-order valence-corrected chi connectivity index (χ4v) is 2.96. The molecule has 1 N–H and O–H groups in total. The lowest BCUT2D eigenvalue weighted by atomic mass is 10.1. The quantitative estimate of drug-likeness (QED) is 0.530. The van der Waals surface area contributed by atoms with Crippen molar-refractivity contribution in [1.29, 1.82) is 0 Å². The summed E-state index contributed by atoms with van der Waals surface area (Å²) in [6.45, 7) is 0. The van der Waals surface area contributed by atoms with Crippen LogP contribution in [0.1, 0.15) is 5.56 Å². The zero-order valence-corrected chi connectivity index (χ0v) is 15.9. The van der Waals surface area contributed by atoms with Gasteiger partial charge in [0.05, 0.1) is 17.0 Å². The number of hydrogen-bond acceptors (Lipinski definition) is 5. The van der Waals surface area contributed by atoms with Gasteiger partial charge >= 0.3 is 6.18 Å². The molecule has 0 radical (unpaired) electrons. The number of amides is 1. The van der Waals surface area contributed by atoms with Gasteiger partial charge in [-0.05, 0) is 36.4 Å². The molecule has 0 atom stereocenters. The maximum absolute atomic E-state index is 12.9. The fraction of sp³-hybridized carbons (Fsp3) is 0.118. The normalized spacial score (nSPS) is 11.4. The molecule has 0 spiro atoms. The summed E-state index contributed by atoms with van der Waals surface area (Å²) in [6, 6.07) is 12.0. The Labute approximate surface area is 164 Å². The van der Waals surface area contributed by atoms with E-state index in [0.717, 1.165) is 22.3 Å². The van der Waals surface area contributed by atoms with Crippen LogP contribution < -0.4 is 5.32 Å². The van der Waals surface area contributed by atoms with E-state index in [0.29, 0.717) is 5.56 Å². The van der Waals surface area contributed by atoms with E-state index in [4.69, 9.17) is 4.42 Å². The van der Waals surface area contributed by atoms with Crippen LogP contribution in [0.4, 0.5) is 18.9 Å². The molecule has 0 unspecified atom stereocenters. The number of thioether (sulfide) groups is 1. The van der Waals surface area contributed by atoms with Gasteiger partial charge in [0.25, 0.3) is 5.22 Å². The van der Waals surface area contributed by atoms with E-state index in [1.165, 1.54) is 18.2 Å². The summed E-state index contributed by atoms with van der Waals surface area (Å²) in [5.41, 5.74) is -0.489. The lowest BCUT2D eigenvalue weighted by molar-refractivity contribution is -0.137. The molecule has 27 heavy (non-hydrogen) atoms. The molecule has 0 bridgehead atoms. The van der Waals surface area contributed by atoms with Gasteiger partial charge in [-0.1, -0.05) is 39.8 Å². The molecule has 3 aromatic rings. The Morgan fingerprint density at radius 2 is 1.81 bits per heavy atom. The monoisotopic (exact) mass is 457 g/mol. The Morgan fingerprint density at radius 3 is 2.52 bits per heavy atom. The summed E-state index contributed by atoms with van der Waals surface area (Å²) in [4.78, 5) is 12.0. The number of carbonyl (C=O) groups is 1. The van der Waals surface area contributed by atoms with Crippen molar-refractivity contribution in [3.63, 3.8) is 0 Å². The van der Waals surface area contributed by atoms with Crippen LogP contribution in [0, 0.1) is 0 Å². The molecular weight excluding hydrogens is 447 g/mol. The average Bonchev–Trinajstić information content (AvgIpc) is 3.09. The van der Waals surface area contributed by atoms with Crippen molar-refractivity contribution in [2.24, 2.45) is 0 Å². The molecule has 1 heterocycles. The van der Waals surface area contributed by atoms with Crippen molar-refractivity contribution in [2.45, 2.75) is 11.4 Å². The average molecular weight is 458 g/mol. The topological polar surface area (TPSA) is 68.0 Å². The van der Waals surface area contributed by atoms with Crippen LogP contribution in [0.5, 0.6) is 0 Å². The largest absolute Gasteiger partial charge is 0.418 e. The predicted molar refractivity (Wildman–Crippen MR) is 98.2 cm³/mol. The van der Waals surface area contributed by atoms with Crippen LogP contribution in [-0.4, -0.2) is 21.9 Å². The highest BCUT2D eigenvalue weighted by Crippen LogP contribution is 2.34. The minimum atomic E-state index is -4.55. The SMILES string of the molecule is O=C(CSc1nnc(-c2ccc(Br)cc2)o1)Nc1ccccc1C(F)(F)F. The summed E-state index contributed by atoms with van der Waals surface area (Å²) in [6.07, 6.45) is -4.55. The number of carbonyl (C=O) groups excluding carboxylic acids is 1. The van der Waals surface area contributed by atoms with Gasteiger partial charge in [0, 0.05) is 10.0 Å². The maximum atomic E-state index is 12.9. The number of hydrogen-bond donors (Lipinski definition) is 1. The molecule has 10 heteroatoms. The predicted octanol–water partition coefficient (Wildman–Crippen LogP) is 5.25. The van der Waals surface area contributed by atoms with Crippen LogP contribution in [0.2, 0.25) is 0 Å². The molecular formula is C17H11BrF3N3O2S. The standard InChI is InChI=1S/C17H11BrF3N3O2S/c18-11-7-5-10(6-8-11)15-23-24-16(26-15)27-9-14(25)22-13-4-2-1-3-12(13)17(19,20)21/h1-8H,9H2,(H,22,25). The first-order valence-corrected chi connectivity index (χ1v) is 9.29. The van der Waals surface area contributed by atoms with Crippen LogP contribution in [0.3, 0.4) is 0 Å². The van der Waals surface area contributed by atoms with E-state index in [-0.39, 0.29) is 22.6 Å². The number of benzene rings is 2. The lowest BCUT2D eigenvalue weighted by Gasteiger charge is -2.13. The third-order valence-electron chi connectivity index (χ3n) is 3.33. The van der Waals surface area contributed by atoms with Crippen LogP contribution >= 0.6 is 27.7 Å². The molecule has 0 aliphatic heterocycles. The van der Waals surface area contributed by atoms with Crippen LogP contribution in [0.15, 0.2) is 62.6 Å². The zero-order valence-electron chi connectivity index (χ0n) is 13.5. The van der Waals surface area contributed by atoms with Gasteiger partial charge < -0.3 is 9.73 Å². The third kappa shape index (κ3) is 5.10. The smallest absolute Gasteiger partial charge is 0.411 e. The van der Waals surface area contributed by atoms with Gasteiger partial charge in [-0.2, -0.15) is 13.2 Å². The maximum Gasteiger partial charge on any atom is 0.418 e. The van der Waals surface area contributed by atoms with Gasteiger partial charge in [0.1, 0.15) is 0 Å². The van der Waals surface area contributed by atoms with Gasteiger partial charge in [-0.25, -0.2) is 0 Å². The number of rotatable bonds is 5. The van der Waals surface area contributed by atoms with Crippen molar-refractivity contribution in [2.75, 3.05) is 11.1 Å². The second-order valence-corrected chi connectivity index (χ2v) is 7.10. The van der Waals surface area contributed by atoms with Crippen LogP contribution in [0.25, 0.3) is 11.5 Å². The Bertz CT molecular complexity index is 945. The van der Waals surface area contributed by atoms with Crippen molar-refractivity contribution >= 4 is 39.3 Å². The Kier molecular flexibility index (Phi) is 5.85. The van der Waals surface area contributed by atoms with E-state index in [2.05, 4.69) is 31.4 Å².